The van der Waals surface area contributed by atoms with Crippen LogP contribution in [-0.2, 0) is 9.53 Å². The van der Waals surface area contributed by atoms with Crippen molar-refractivity contribution in [2.24, 2.45) is 0 Å². The summed E-state index contributed by atoms with van der Waals surface area (Å²) in [5.74, 6) is -0.876. The zero-order valence-electron chi connectivity index (χ0n) is 10.9. The molecule has 4 nitrogen and oxygen atoms in total. The Hall–Kier alpha value is -1.26. The molecule has 104 valence electrons. The van der Waals surface area contributed by atoms with Gasteiger partial charge in [-0.05, 0) is 31.0 Å². The topological polar surface area (TPSA) is 58.6 Å². The second-order valence-corrected chi connectivity index (χ2v) is 5.32. The summed E-state index contributed by atoms with van der Waals surface area (Å²) < 4.78 is 5.39. The first-order valence-electron chi connectivity index (χ1n) is 6.38. The molecule has 2 N–H and O–H groups in total. The lowest BCUT2D eigenvalue weighted by molar-refractivity contribution is -0.149. The number of carbonyl (C=O) groups is 1. The lowest BCUT2D eigenvalue weighted by Crippen LogP contribution is -2.58. The Morgan fingerprint density at radius 1 is 1.53 bits per heavy atom. The molecular formula is C14H18ClNO3. The van der Waals surface area contributed by atoms with Crippen LogP contribution in [0.15, 0.2) is 24.3 Å². The van der Waals surface area contributed by atoms with Gasteiger partial charge in [-0.15, -0.1) is 0 Å². The average Bonchev–Trinajstić information content (AvgIpc) is 2.39. The fourth-order valence-electron chi connectivity index (χ4n) is 2.72. The summed E-state index contributed by atoms with van der Waals surface area (Å²) in [6.07, 6.45) is 2.83. The van der Waals surface area contributed by atoms with Gasteiger partial charge in [0.05, 0.1) is 6.10 Å². The summed E-state index contributed by atoms with van der Waals surface area (Å²) in [5.41, 5.74) is -0.364. The first-order chi connectivity index (χ1) is 9.08. The number of hydrogen-bond donors (Lipinski definition) is 2. The molecule has 1 aliphatic rings. The van der Waals surface area contributed by atoms with E-state index in [1.165, 1.54) is 0 Å². The Balaban J connectivity index is 2.31. The van der Waals surface area contributed by atoms with E-state index in [1.54, 1.807) is 25.3 Å². The Morgan fingerprint density at radius 3 is 2.95 bits per heavy atom. The minimum absolute atomic E-state index is 0.335. The lowest BCUT2D eigenvalue weighted by Gasteiger charge is -2.41. The van der Waals surface area contributed by atoms with E-state index >= 15 is 0 Å². The molecule has 1 aliphatic carbocycles. The minimum atomic E-state index is -1.07. The van der Waals surface area contributed by atoms with Gasteiger partial charge in [-0.1, -0.05) is 30.5 Å². The van der Waals surface area contributed by atoms with Gasteiger partial charge in [0.1, 0.15) is 0 Å². The van der Waals surface area contributed by atoms with Crippen molar-refractivity contribution in [2.45, 2.75) is 37.3 Å². The van der Waals surface area contributed by atoms with Gasteiger partial charge in [0.25, 0.3) is 0 Å². The van der Waals surface area contributed by atoms with E-state index in [0.29, 0.717) is 17.1 Å². The molecule has 1 aromatic carbocycles. The SMILES string of the molecule is COC1CCCCC1(Nc1cccc(Cl)c1)C(=O)O. The predicted octanol–water partition coefficient (Wildman–Crippen LogP) is 3.16. The number of benzene rings is 1. The van der Waals surface area contributed by atoms with Crippen LogP contribution in [-0.4, -0.2) is 29.8 Å². The van der Waals surface area contributed by atoms with Crippen LogP contribution in [0.25, 0.3) is 0 Å². The summed E-state index contributed by atoms with van der Waals surface area (Å²) in [4.78, 5) is 11.8. The van der Waals surface area contributed by atoms with E-state index in [0.717, 1.165) is 19.3 Å². The number of ether oxygens (including phenoxy) is 1. The Kier molecular flexibility index (Phi) is 4.32. The van der Waals surface area contributed by atoms with Crippen LogP contribution in [0.3, 0.4) is 0 Å². The van der Waals surface area contributed by atoms with Crippen LogP contribution in [0.1, 0.15) is 25.7 Å². The number of aliphatic carboxylic acids is 1. The van der Waals surface area contributed by atoms with Crippen molar-refractivity contribution in [3.05, 3.63) is 29.3 Å². The third-order valence-corrected chi connectivity index (χ3v) is 3.93. The molecule has 0 aliphatic heterocycles. The number of nitrogens with one attached hydrogen (secondary N) is 1. The molecule has 5 heteroatoms. The first-order valence-corrected chi connectivity index (χ1v) is 6.76. The number of carboxylic acids is 1. The zero-order valence-corrected chi connectivity index (χ0v) is 11.6. The summed E-state index contributed by atoms with van der Waals surface area (Å²) >= 11 is 5.94. The highest BCUT2D eigenvalue weighted by Crippen LogP contribution is 2.34. The second kappa shape index (κ2) is 5.80. The van der Waals surface area contributed by atoms with Gasteiger partial charge < -0.3 is 15.2 Å². The highest BCUT2D eigenvalue weighted by atomic mass is 35.5. The maximum atomic E-state index is 11.8. The molecule has 1 fully saturated rings. The number of methoxy groups -OCH3 is 1. The largest absolute Gasteiger partial charge is 0.479 e. The van der Waals surface area contributed by atoms with E-state index in [9.17, 15) is 9.90 Å². The van der Waals surface area contributed by atoms with Crippen molar-refractivity contribution >= 4 is 23.3 Å². The number of anilines is 1. The van der Waals surface area contributed by atoms with Crippen LogP contribution < -0.4 is 5.32 Å². The minimum Gasteiger partial charge on any atom is -0.479 e. The maximum absolute atomic E-state index is 11.8. The van der Waals surface area contributed by atoms with E-state index in [-0.39, 0.29) is 6.10 Å². The number of carboxylic acid groups (broad SMARTS) is 1. The third kappa shape index (κ3) is 2.85. The van der Waals surface area contributed by atoms with Crippen LogP contribution in [0.5, 0.6) is 0 Å². The van der Waals surface area contributed by atoms with Crippen molar-refractivity contribution < 1.29 is 14.6 Å². The number of rotatable bonds is 4. The van der Waals surface area contributed by atoms with Gasteiger partial charge in [0.2, 0.25) is 0 Å². The summed E-state index contributed by atoms with van der Waals surface area (Å²) in [6, 6.07) is 7.10. The molecule has 0 heterocycles. The van der Waals surface area contributed by atoms with Gasteiger partial charge in [-0.25, -0.2) is 4.79 Å². The normalized spacial score (nSPS) is 26.9. The van der Waals surface area contributed by atoms with Crippen LogP contribution in [0.2, 0.25) is 5.02 Å². The third-order valence-electron chi connectivity index (χ3n) is 3.70. The Morgan fingerprint density at radius 2 is 2.32 bits per heavy atom. The summed E-state index contributed by atoms with van der Waals surface area (Å²) in [7, 11) is 1.56. The quantitative estimate of drug-likeness (QED) is 0.891. The molecule has 2 unspecified atom stereocenters. The standard InChI is InChI=1S/C14H18ClNO3/c1-19-12-7-2-3-8-14(12,13(17)18)16-11-6-4-5-10(15)9-11/h4-6,9,12,16H,2-3,7-8H2,1H3,(H,17,18). The zero-order chi connectivity index (χ0) is 13.9. The highest BCUT2D eigenvalue weighted by molar-refractivity contribution is 6.30. The average molecular weight is 284 g/mol. The van der Waals surface area contributed by atoms with Gasteiger partial charge in [0, 0.05) is 17.8 Å². The molecule has 0 bridgehead atoms. The molecular weight excluding hydrogens is 266 g/mol. The molecule has 0 saturated heterocycles. The fourth-order valence-corrected chi connectivity index (χ4v) is 2.92. The first kappa shape index (κ1) is 14.2. The smallest absolute Gasteiger partial charge is 0.332 e. The van der Waals surface area contributed by atoms with Gasteiger partial charge in [-0.3, -0.25) is 0 Å². The van der Waals surface area contributed by atoms with Crippen molar-refractivity contribution in [3.63, 3.8) is 0 Å². The van der Waals surface area contributed by atoms with Crippen LogP contribution in [0.4, 0.5) is 5.69 Å². The van der Waals surface area contributed by atoms with Crippen LogP contribution in [0, 0.1) is 0 Å². The molecule has 0 aromatic heterocycles. The monoisotopic (exact) mass is 283 g/mol. The number of hydrogen-bond acceptors (Lipinski definition) is 3. The van der Waals surface area contributed by atoms with Gasteiger partial charge >= 0.3 is 5.97 Å². The summed E-state index contributed by atoms with van der Waals surface area (Å²) in [6.45, 7) is 0. The molecule has 1 saturated carbocycles. The maximum Gasteiger partial charge on any atom is 0.332 e. The predicted molar refractivity (Wildman–Crippen MR) is 74.7 cm³/mol. The van der Waals surface area contributed by atoms with Crippen molar-refractivity contribution in [3.8, 4) is 0 Å². The summed E-state index contributed by atoms with van der Waals surface area (Å²) in [5, 5.41) is 13.4. The van der Waals surface area contributed by atoms with Gasteiger partial charge in [-0.2, -0.15) is 0 Å². The molecule has 0 radical (unpaired) electrons. The van der Waals surface area contributed by atoms with Gasteiger partial charge in [0.15, 0.2) is 5.54 Å². The molecule has 0 amide bonds. The van der Waals surface area contributed by atoms with Crippen molar-refractivity contribution in [1.82, 2.24) is 0 Å². The number of halogens is 1. The second-order valence-electron chi connectivity index (χ2n) is 4.88. The van der Waals surface area contributed by atoms with E-state index in [1.807, 2.05) is 6.07 Å². The van der Waals surface area contributed by atoms with Crippen molar-refractivity contribution in [1.29, 1.82) is 0 Å². The van der Waals surface area contributed by atoms with Crippen molar-refractivity contribution in [2.75, 3.05) is 12.4 Å². The van der Waals surface area contributed by atoms with Crippen LogP contribution >= 0.6 is 11.6 Å². The Labute approximate surface area is 117 Å². The lowest BCUT2D eigenvalue weighted by atomic mass is 9.78. The van der Waals surface area contributed by atoms with E-state index in [4.69, 9.17) is 16.3 Å². The Bertz CT molecular complexity index is 466. The van der Waals surface area contributed by atoms with E-state index < -0.39 is 11.5 Å². The molecule has 0 spiro atoms. The molecule has 1 aromatic rings. The molecule has 2 atom stereocenters. The highest BCUT2D eigenvalue weighted by Gasteiger charge is 2.48. The fraction of sp³-hybridized carbons (Fsp3) is 0.500. The molecule has 19 heavy (non-hydrogen) atoms. The van der Waals surface area contributed by atoms with E-state index in [2.05, 4.69) is 5.32 Å². The molecule has 2 rings (SSSR count).